The average molecular weight is 338 g/mol. The fourth-order valence-corrected chi connectivity index (χ4v) is 4.15. The lowest BCUT2D eigenvalue weighted by atomic mass is 10.0. The number of hydrogen-bond donors (Lipinski definition) is 0. The van der Waals surface area contributed by atoms with Crippen LogP contribution in [-0.2, 0) is 4.79 Å². The summed E-state index contributed by atoms with van der Waals surface area (Å²) in [6.45, 7) is 2.59. The molecule has 0 amide bonds. The maximum absolute atomic E-state index is 11.2. The summed E-state index contributed by atoms with van der Waals surface area (Å²) < 4.78 is 6.19. The monoisotopic (exact) mass is 338 g/mol. The van der Waals surface area contributed by atoms with Crippen molar-refractivity contribution in [3.05, 3.63) is 42.0 Å². The smallest absolute Gasteiger partial charge is 0.177 e. The molecule has 0 bridgehead atoms. The maximum atomic E-state index is 11.2. The molecule has 3 aliphatic rings. The molecule has 25 heavy (non-hydrogen) atoms. The first-order valence-corrected chi connectivity index (χ1v) is 9.54. The Morgan fingerprint density at radius 1 is 0.960 bits per heavy atom. The third kappa shape index (κ3) is 4.01. The molecule has 1 saturated heterocycles. The first-order valence-electron chi connectivity index (χ1n) is 9.54. The van der Waals surface area contributed by atoms with E-state index in [4.69, 9.17) is 4.74 Å². The summed E-state index contributed by atoms with van der Waals surface area (Å²) in [5.41, 5.74) is 1.91. The van der Waals surface area contributed by atoms with Crippen LogP contribution in [0.15, 0.2) is 41.4 Å². The molecule has 1 aliphatic carbocycles. The number of aliphatic imine (C=N–C) groups is 1. The van der Waals surface area contributed by atoms with Crippen molar-refractivity contribution in [2.75, 3.05) is 19.6 Å². The Morgan fingerprint density at radius 2 is 1.68 bits per heavy atom. The third-order valence-corrected chi connectivity index (χ3v) is 5.60. The zero-order valence-corrected chi connectivity index (χ0v) is 14.7. The number of likely N-dealkylation sites (tertiary alicyclic amines) is 1. The predicted molar refractivity (Wildman–Crippen MR) is 99.5 cm³/mol. The van der Waals surface area contributed by atoms with E-state index < -0.39 is 0 Å². The molecule has 2 aliphatic heterocycles. The van der Waals surface area contributed by atoms with Crippen LogP contribution in [0.4, 0.5) is 0 Å². The minimum Gasteiger partial charge on any atom is -0.490 e. The molecule has 2 fully saturated rings. The van der Waals surface area contributed by atoms with E-state index in [9.17, 15) is 4.79 Å². The van der Waals surface area contributed by atoms with E-state index in [0.29, 0.717) is 6.10 Å². The summed E-state index contributed by atoms with van der Waals surface area (Å²) >= 11 is 0. The molecule has 4 heteroatoms. The minimum absolute atomic E-state index is 0.0626. The summed E-state index contributed by atoms with van der Waals surface area (Å²) in [7, 11) is 0. The molecule has 0 N–H and O–H groups in total. The van der Waals surface area contributed by atoms with Crippen molar-refractivity contribution in [1.29, 1.82) is 0 Å². The van der Waals surface area contributed by atoms with Gasteiger partial charge in [0.05, 0.1) is 5.71 Å². The SMILES string of the molecule is O=C1C=CC(c2ccc(OC3CCN(C4CCCC4)CC3)cc2)=NC1. The number of allylic oxidation sites excluding steroid dienone is 1. The van der Waals surface area contributed by atoms with Gasteiger partial charge in [0.25, 0.3) is 0 Å². The lowest BCUT2D eigenvalue weighted by Gasteiger charge is -2.36. The molecule has 4 nitrogen and oxygen atoms in total. The quantitative estimate of drug-likeness (QED) is 0.845. The second-order valence-electron chi connectivity index (χ2n) is 7.32. The Bertz CT molecular complexity index is 664. The number of benzene rings is 1. The lowest BCUT2D eigenvalue weighted by Crippen LogP contribution is -2.43. The number of carbonyl (C=O) groups excluding carboxylic acids is 1. The van der Waals surface area contributed by atoms with Gasteiger partial charge in [-0.1, -0.05) is 12.8 Å². The van der Waals surface area contributed by atoms with Crippen molar-refractivity contribution in [1.82, 2.24) is 4.90 Å². The predicted octanol–water partition coefficient (Wildman–Crippen LogP) is 3.40. The van der Waals surface area contributed by atoms with E-state index in [2.05, 4.69) is 9.89 Å². The Labute approximate surface area is 149 Å². The molecule has 1 aromatic carbocycles. The zero-order chi connectivity index (χ0) is 17.1. The van der Waals surface area contributed by atoms with Crippen molar-refractivity contribution in [2.45, 2.75) is 50.7 Å². The van der Waals surface area contributed by atoms with Crippen LogP contribution in [0.3, 0.4) is 0 Å². The lowest BCUT2D eigenvalue weighted by molar-refractivity contribution is -0.113. The van der Waals surface area contributed by atoms with E-state index in [1.54, 1.807) is 12.2 Å². The van der Waals surface area contributed by atoms with Gasteiger partial charge in [0.1, 0.15) is 18.4 Å². The number of dihydropyridines is 1. The number of ether oxygens (including phenoxy) is 1. The fourth-order valence-electron chi connectivity index (χ4n) is 4.15. The Hall–Kier alpha value is -1.94. The summed E-state index contributed by atoms with van der Waals surface area (Å²) in [4.78, 5) is 18.2. The number of hydrogen-bond acceptors (Lipinski definition) is 4. The van der Waals surface area contributed by atoms with Gasteiger partial charge in [0.2, 0.25) is 0 Å². The van der Waals surface area contributed by atoms with Crippen LogP contribution >= 0.6 is 0 Å². The number of ketones is 1. The highest BCUT2D eigenvalue weighted by molar-refractivity contribution is 6.14. The summed E-state index contributed by atoms with van der Waals surface area (Å²) in [5.74, 6) is 0.993. The molecule has 0 unspecified atom stereocenters. The Kier molecular flexibility index (Phi) is 4.97. The molecule has 1 aromatic rings. The highest BCUT2D eigenvalue weighted by atomic mass is 16.5. The van der Waals surface area contributed by atoms with Gasteiger partial charge in [-0.3, -0.25) is 9.79 Å². The van der Waals surface area contributed by atoms with Crippen LogP contribution < -0.4 is 4.74 Å². The first kappa shape index (κ1) is 16.5. The number of carbonyl (C=O) groups is 1. The minimum atomic E-state index is 0.0626. The van der Waals surface area contributed by atoms with Gasteiger partial charge < -0.3 is 9.64 Å². The molecular formula is C21H26N2O2. The Balaban J connectivity index is 1.30. The summed E-state index contributed by atoms with van der Waals surface area (Å²) in [6.07, 6.45) is 11.5. The van der Waals surface area contributed by atoms with Crippen molar-refractivity contribution in [3.63, 3.8) is 0 Å². The summed E-state index contributed by atoms with van der Waals surface area (Å²) in [5, 5.41) is 0. The molecule has 1 saturated carbocycles. The van der Waals surface area contributed by atoms with Crippen molar-refractivity contribution >= 4 is 11.5 Å². The molecule has 0 atom stereocenters. The normalized spacial score (nSPS) is 23.0. The zero-order valence-electron chi connectivity index (χ0n) is 14.7. The van der Waals surface area contributed by atoms with Crippen LogP contribution in [0.5, 0.6) is 5.75 Å². The highest BCUT2D eigenvalue weighted by Crippen LogP contribution is 2.27. The van der Waals surface area contributed by atoms with Gasteiger partial charge in [-0.25, -0.2) is 0 Å². The van der Waals surface area contributed by atoms with Crippen LogP contribution in [0.1, 0.15) is 44.1 Å². The molecule has 0 spiro atoms. The van der Waals surface area contributed by atoms with Gasteiger partial charge >= 0.3 is 0 Å². The topological polar surface area (TPSA) is 41.9 Å². The van der Waals surface area contributed by atoms with Gasteiger partial charge in [-0.2, -0.15) is 0 Å². The van der Waals surface area contributed by atoms with Crippen LogP contribution in [-0.4, -0.2) is 48.2 Å². The van der Waals surface area contributed by atoms with Gasteiger partial charge in [0, 0.05) is 19.1 Å². The van der Waals surface area contributed by atoms with Crippen molar-refractivity contribution in [3.8, 4) is 5.75 Å². The van der Waals surface area contributed by atoms with Crippen LogP contribution in [0.2, 0.25) is 0 Å². The molecule has 2 heterocycles. The molecule has 0 aromatic heterocycles. The van der Waals surface area contributed by atoms with E-state index in [-0.39, 0.29) is 12.3 Å². The first-order chi connectivity index (χ1) is 12.3. The second-order valence-corrected chi connectivity index (χ2v) is 7.32. The Morgan fingerprint density at radius 3 is 2.32 bits per heavy atom. The van der Waals surface area contributed by atoms with E-state index in [1.807, 2.05) is 24.3 Å². The fraction of sp³-hybridized carbons (Fsp3) is 0.524. The highest BCUT2D eigenvalue weighted by Gasteiger charge is 2.27. The number of rotatable bonds is 4. The molecule has 4 rings (SSSR count). The van der Waals surface area contributed by atoms with Gasteiger partial charge in [-0.15, -0.1) is 0 Å². The largest absolute Gasteiger partial charge is 0.490 e. The number of nitrogens with zero attached hydrogens (tertiary/aromatic N) is 2. The molecule has 132 valence electrons. The average Bonchev–Trinajstić information content (AvgIpc) is 3.19. The van der Waals surface area contributed by atoms with E-state index in [0.717, 1.165) is 35.9 Å². The molecule has 0 radical (unpaired) electrons. The van der Waals surface area contributed by atoms with Gasteiger partial charge in [0.15, 0.2) is 5.78 Å². The summed E-state index contributed by atoms with van der Waals surface area (Å²) in [6, 6.07) is 8.93. The van der Waals surface area contributed by atoms with Crippen LogP contribution in [0, 0.1) is 0 Å². The molecular weight excluding hydrogens is 312 g/mol. The standard InChI is InChI=1S/C21H26N2O2/c24-18-7-10-21(22-15-18)16-5-8-19(9-6-16)25-20-11-13-23(14-12-20)17-3-1-2-4-17/h5-10,17,20H,1-4,11-15H2. The van der Waals surface area contributed by atoms with E-state index >= 15 is 0 Å². The van der Waals surface area contributed by atoms with Gasteiger partial charge in [-0.05, 0) is 67.7 Å². The van der Waals surface area contributed by atoms with Crippen LogP contribution in [0.25, 0.3) is 0 Å². The maximum Gasteiger partial charge on any atom is 0.177 e. The third-order valence-electron chi connectivity index (χ3n) is 5.60. The van der Waals surface area contributed by atoms with E-state index in [1.165, 1.54) is 38.8 Å². The van der Waals surface area contributed by atoms with Crippen molar-refractivity contribution in [2.24, 2.45) is 4.99 Å². The number of piperidine rings is 1. The second kappa shape index (κ2) is 7.52. The van der Waals surface area contributed by atoms with Crippen molar-refractivity contribution < 1.29 is 9.53 Å².